The molecule has 0 bridgehead atoms. The van der Waals surface area contributed by atoms with E-state index in [0.29, 0.717) is 115 Å². The number of hydrogen-bond donors (Lipinski definition) is 0. The number of aromatic nitrogens is 18. The Morgan fingerprint density at radius 2 is 0.511 bits per heavy atom. The van der Waals surface area contributed by atoms with Crippen molar-refractivity contribution < 1.29 is 4.79 Å². The topological polar surface area (TPSA) is 249 Å². The highest BCUT2D eigenvalue weighted by molar-refractivity contribution is 6.10. The van der Waals surface area contributed by atoms with Gasteiger partial charge in [0.05, 0.1) is 0 Å². The van der Waals surface area contributed by atoms with Crippen LogP contribution >= 0.6 is 0 Å². The lowest BCUT2D eigenvalue weighted by Gasteiger charge is -2.22. The van der Waals surface area contributed by atoms with Crippen LogP contribution in [0.15, 0.2) is 365 Å². The first kappa shape index (κ1) is 80.6. The minimum atomic E-state index is -0.479. The van der Waals surface area contributed by atoms with Crippen LogP contribution in [0.4, 0.5) is 0 Å². The van der Waals surface area contributed by atoms with Crippen molar-refractivity contribution in [3.8, 4) is 204 Å². The largest absolute Gasteiger partial charge is 0.289 e. The van der Waals surface area contributed by atoms with E-state index in [1.54, 1.807) is 31.0 Å². The lowest BCUT2D eigenvalue weighted by Crippen LogP contribution is -2.16. The minimum Gasteiger partial charge on any atom is -0.289 e. The van der Waals surface area contributed by atoms with E-state index < -0.39 is 16.2 Å². The van der Waals surface area contributed by atoms with Gasteiger partial charge in [0, 0.05) is 103 Å². The standard InChI is InChI=1S/C116H78N18O/c1-114(2)89-58-74(82-29-21-27-68-22-13-14-28-81(68)82)37-44-83(89)85-47-41-79(62-91(85)114)107-129-111(134-112(131-107)99-64-72(51-56-120-99)67-33-35-71(36-34-67)103-123-102(70-25-11-8-12-26-70)124-104(125-103)76-39-46-86-84-45-38-75(101(135)69-23-9-7-10-24-69)59-90(84)115(3,4)92(86)60-76)98-50-43-80(66-122-98)73-52-57-121-100(65-73)113-130-106(128-110(133-113)97-32-17-20-55-119-97)78-42-49-88-87-48-40-77(61-93(87)116(5,6)94(88)63-78)105-126-108(95-30-15-18-53-117-95)132-109(127-105)96-31-16-19-54-118-96/h7-66H,1-6H3. The predicted octanol–water partition coefficient (Wildman–Crippen LogP) is 25.1. The van der Waals surface area contributed by atoms with Gasteiger partial charge in [-0.05, 0) is 208 Å². The van der Waals surface area contributed by atoms with E-state index in [1.165, 1.54) is 33.0 Å². The average molecular weight is 1740 g/mol. The average Bonchev–Trinajstić information content (AvgIpc) is 1.58. The summed E-state index contributed by atoms with van der Waals surface area (Å²) in [6, 6.07) is 111. The fourth-order valence-electron chi connectivity index (χ4n) is 19.3. The molecular formula is C116H78N18O. The molecule has 0 radical (unpaired) electrons. The molecule has 3 aliphatic carbocycles. The lowest BCUT2D eigenvalue weighted by atomic mass is 9.81. The summed E-state index contributed by atoms with van der Waals surface area (Å²) in [5.41, 5.74) is 27.8. The third-order valence-corrected chi connectivity index (χ3v) is 26.5. The van der Waals surface area contributed by atoms with E-state index in [9.17, 15) is 4.79 Å². The third kappa shape index (κ3) is 14.4. The van der Waals surface area contributed by atoms with E-state index >= 15 is 0 Å². The molecule has 24 rings (SSSR count). The molecule has 0 aliphatic heterocycles. The number of pyridine rings is 6. The predicted molar refractivity (Wildman–Crippen MR) is 528 cm³/mol. The summed E-state index contributed by atoms with van der Waals surface area (Å²) in [5.74, 6) is 5.42. The molecule has 3 aliphatic rings. The maximum Gasteiger partial charge on any atom is 0.193 e. The maximum atomic E-state index is 13.8. The van der Waals surface area contributed by atoms with Crippen LogP contribution in [0.2, 0.25) is 0 Å². The number of fused-ring (bicyclic) bond motifs is 10. The summed E-state index contributed by atoms with van der Waals surface area (Å²) in [5, 5.41) is 2.41. The molecule has 0 amide bonds. The monoisotopic (exact) mass is 1740 g/mol. The molecule has 0 unspecified atom stereocenters. The number of rotatable bonds is 17. The van der Waals surface area contributed by atoms with Crippen molar-refractivity contribution in [1.82, 2.24) is 89.7 Å². The van der Waals surface area contributed by atoms with Gasteiger partial charge in [0.1, 0.15) is 34.2 Å². The number of carbonyl (C=O) groups excluding carboxylic acids is 1. The van der Waals surface area contributed by atoms with E-state index in [-0.39, 0.29) is 5.78 Å². The molecule has 135 heavy (non-hydrogen) atoms. The number of carbonyl (C=O) groups is 1. The summed E-state index contributed by atoms with van der Waals surface area (Å²) in [4.78, 5) is 105. The Labute approximate surface area is 777 Å². The molecule has 10 aromatic heterocycles. The van der Waals surface area contributed by atoms with Gasteiger partial charge in [-0.15, -0.1) is 0 Å². The van der Waals surface area contributed by atoms with Crippen LogP contribution in [0.25, 0.3) is 215 Å². The molecule has 0 N–H and O–H groups in total. The summed E-state index contributed by atoms with van der Waals surface area (Å²) < 4.78 is 0. The van der Waals surface area contributed by atoms with Gasteiger partial charge < -0.3 is 0 Å². The third-order valence-electron chi connectivity index (χ3n) is 26.5. The van der Waals surface area contributed by atoms with Crippen LogP contribution in [0.3, 0.4) is 0 Å². The van der Waals surface area contributed by atoms with Crippen molar-refractivity contribution in [3.63, 3.8) is 0 Å². The summed E-state index contributed by atoms with van der Waals surface area (Å²) in [6.45, 7) is 13.5. The number of ketones is 1. The number of benzene rings is 11. The van der Waals surface area contributed by atoms with Crippen molar-refractivity contribution in [3.05, 3.63) is 409 Å². The van der Waals surface area contributed by atoms with Crippen LogP contribution in [0.1, 0.15) is 90.8 Å². The minimum absolute atomic E-state index is 0.00662. The summed E-state index contributed by atoms with van der Waals surface area (Å²) in [7, 11) is 0. The molecule has 638 valence electrons. The van der Waals surface area contributed by atoms with Crippen LogP contribution in [-0.4, -0.2) is 95.5 Å². The molecule has 0 saturated carbocycles. The highest BCUT2D eigenvalue weighted by Crippen LogP contribution is 2.55. The highest BCUT2D eigenvalue weighted by atomic mass is 16.1. The second kappa shape index (κ2) is 32.1. The first-order valence-electron chi connectivity index (χ1n) is 44.8. The zero-order chi connectivity index (χ0) is 90.8. The van der Waals surface area contributed by atoms with Gasteiger partial charge in [-0.3, -0.25) is 34.7 Å². The molecule has 0 fully saturated rings. The second-order valence-corrected chi connectivity index (χ2v) is 35.8. The first-order valence-corrected chi connectivity index (χ1v) is 44.8. The SMILES string of the molecule is CC1(C)c2cc(C(=O)c3ccccc3)ccc2-c2ccc(-c3nc(-c4ccccc4)nc(-c4ccc(-c5ccnc(-c6nc(-c7ccc8c(c7)C(C)(C)c7cc(-c9cccc%10ccccc9%10)ccc7-8)nc(-c7ccc(-c8ccnc(-c9nc(-c%10ccc%11c(c%10)C(C)(C)c%10cc(-c%12nc(-c%13ccccn%13)nc(-c%13ccccn%13)n%12)ccc%10-%11)nc(-c%10ccccn%10)n9)c8)cn7)n6)c5)cc4)n3)cc21. The van der Waals surface area contributed by atoms with Crippen molar-refractivity contribution in [2.75, 3.05) is 0 Å². The normalized spacial score (nSPS) is 13.2. The fourth-order valence-corrected chi connectivity index (χ4v) is 19.3. The zero-order valence-corrected chi connectivity index (χ0v) is 74.1. The Bertz CT molecular complexity index is 8330. The van der Waals surface area contributed by atoms with Gasteiger partial charge in [0.15, 0.2) is 75.7 Å². The molecule has 19 heteroatoms. The molecular weight excluding hydrogens is 1660 g/mol. The van der Waals surface area contributed by atoms with Crippen molar-refractivity contribution in [2.45, 2.75) is 57.8 Å². The zero-order valence-electron chi connectivity index (χ0n) is 74.1. The smallest absolute Gasteiger partial charge is 0.193 e. The van der Waals surface area contributed by atoms with Gasteiger partial charge in [-0.25, -0.2) is 59.8 Å². The molecule has 21 aromatic rings. The lowest BCUT2D eigenvalue weighted by molar-refractivity contribution is 0.103. The maximum absolute atomic E-state index is 13.8. The highest BCUT2D eigenvalue weighted by Gasteiger charge is 2.40. The summed E-state index contributed by atoms with van der Waals surface area (Å²) in [6.07, 6.45) is 10.6. The van der Waals surface area contributed by atoms with Crippen LogP contribution < -0.4 is 0 Å². The first-order chi connectivity index (χ1) is 66.0. The Balaban J connectivity index is 0.555. The van der Waals surface area contributed by atoms with Gasteiger partial charge >= 0.3 is 0 Å². The molecule has 11 aromatic carbocycles. The van der Waals surface area contributed by atoms with E-state index in [0.717, 1.165) is 111 Å². The van der Waals surface area contributed by atoms with Crippen LogP contribution in [0.5, 0.6) is 0 Å². The van der Waals surface area contributed by atoms with Crippen molar-refractivity contribution in [2.24, 2.45) is 0 Å². The van der Waals surface area contributed by atoms with Crippen molar-refractivity contribution >= 4 is 16.6 Å². The molecule has 0 atom stereocenters. The second-order valence-electron chi connectivity index (χ2n) is 35.8. The summed E-state index contributed by atoms with van der Waals surface area (Å²) >= 11 is 0. The Hall–Kier alpha value is -17.7. The molecule has 0 saturated heterocycles. The fraction of sp³-hybridized carbons (Fsp3) is 0.0776. The van der Waals surface area contributed by atoms with E-state index in [1.807, 2.05) is 176 Å². The quantitative estimate of drug-likeness (QED) is 0.0768. The Kier molecular flexibility index (Phi) is 19.2. The van der Waals surface area contributed by atoms with E-state index in [2.05, 4.69) is 209 Å². The van der Waals surface area contributed by atoms with Crippen LogP contribution in [-0.2, 0) is 16.2 Å². The van der Waals surface area contributed by atoms with Gasteiger partial charge in [0.2, 0.25) is 0 Å². The van der Waals surface area contributed by atoms with Crippen molar-refractivity contribution in [1.29, 1.82) is 0 Å². The molecule has 10 heterocycles. The number of nitrogens with zero attached hydrogens (tertiary/aromatic N) is 18. The Morgan fingerprint density at radius 3 is 0.948 bits per heavy atom. The Morgan fingerprint density at radius 1 is 0.193 bits per heavy atom. The van der Waals surface area contributed by atoms with E-state index in [4.69, 9.17) is 79.7 Å². The van der Waals surface area contributed by atoms with Gasteiger partial charge in [-0.1, -0.05) is 266 Å². The molecule has 0 spiro atoms. The van der Waals surface area contributed by atoms with Crippen LogP contribution in [0, 0.1) is 0 Å². The van der Waals surface area contributed by atoms with Gasteiger partial charge in [0.25, 0.3) is 0 Å². The molecule has 19 nitrogen and oxygen atoms in total. The number of hydrogen-bond acceptors (Lipinski definition) is 19. The van der Waals surface area contributed by atoms with Gasteiger partial charge in [-0.2, -0.15) is 0 Å².